The van der Waals surface area contributed by atoms with Crippen molar-refractivity contribution >= 4 is 21.9 Å². The van der Waals surface area contributed by atoms with Gasteiger partial charge in [0.1, 0.15) is 6.61 Å². The highest BCUT2D eigenvalue weighted by molar-refractivity contribution is 9.11. The highest BCUT2D eigenvalue weighted by Gasteiger charge is 2.30. The van der Waals surface area contributed by atoms with Crippen molar-refractivity contribution in [2.75, 3.05) is 19.8 Å². The van der Waals surface area contributed by atoms with Crippen LogP contribution in [-0.4, -0.2) is 30.9 Å². The summed E-state index contributed by atoms with van der Waals surface area (Å²) in [6, 6.07) is 9.31. The van der Waals surface area contributed by atoms with Gasteiger partial charge in [-0.15, -0.1) is 0 Å². The number of allylic oxidation sites excluding steroid dienone is 2. The highest BCUT2D eigenvalue weighted by atomic mass is 79.9. The Hall–Kier alpha value is -1.68. The van der Waals surface area contributed by atoms with Crippen LogP contribution in [0.2, 0.25) is 0 Å². The Bertz CT molecular complexity index is 665. The van der Waals surface area contributed by atoms with Crippen molar-refractivity contribution in [1.29, 1.82) is 5.26 Å². The number of nitriles is 1. The molecule has 0 heterocycles. The van der Waals surface area contributed by atoms with Crippen molar-refractivity contribution in [2.45, 2.75) is 20.0 Å². The van der Waals surface area contributed by atoms with Crippen molar-refractivity contribution in [3.63, 3.8) is 0 Å². The Morgan fingerprint density at radius 3 is 2.96 bits per heavy atom. The van der Waals surface area contributed by atoms with Gasteiger partial charge in [-0.25, -0.2) is 4.79 Å². The van der Waals surface area contributed by atoms with E-state index in [4.69, 9.17) is 19.8 Å². The number of carbonyl (C=O) groups excluding carboxylic acids is 1. The summed E-state index contributed by atoms with van der Waals surface area (Å²) in [5.74, 6) is 0.0120. The Morgan fingerprint density at radius 2 is 2.29 bits per heavy atom. The molecule has 0 saturated carbocycles. The summed E-state index contributed by atoms with van der Waals surface area (Å²) >= 11 is 3.46. The number of rotatable bonds is 7. The minimum atomic E-state index is -0.456. The van der Waals surface area contributed by atoms with E-state index in [1.54, 1.807) is 18.2 Å². The Balaban J connectivity index is 1.85. The van der Waals surface area contributed by atoms with Crippen molar-refractivity contribution in [3.05, 3.63) is 45.4 Å². The number of hydrogen-bond donors (Lipinski definition) is 1. The van der Waals surface area contributed by atoms with E-state index in [1.807, 2.05) is 13.0 Å². The molecule has 0 bridgehead atoms. The average Bonchev–Trinajstić information content (AvgIpc) is 2.86. The maximum atomic E-state index is 11.8. The summed E-state index contributed by atoms with van der Waals surface area (Å²) in [6.07, 6.45) is 0.817. The summed E-state index contributed by atoms with van der Waals surface area (Å²) in [4.78, 5) is 11.8. The van der Waals surface area contributed by atoms with Crippen molar-refractivity contribution in [1.82, 2.24) is 0 Å². The molecule has 0 aromatic heterocycles. The molecule has 2 rings (SSSR count). The Labute approximate surface area is 150 Å². The molecule has 5 nitrogen and oxygen atoms in total. The maximum Gasteiger partial charge on any atom is 0.338 e. The molecule has 1 aromatic carbocycles. The van der Waals surface area contributed by atoms with E-state index >= 15 is 0 Å². The number of halogens is 1. The number of benzene rings is 1. The number of carbonyl (C=O) groups is 1. The zero-order chi connectivity index (χ0) is 17.5. The Kier molecular flexibility index (Phi) is 6.98. The lowest BCUT2D eigenvalue weighted by molar-refractivity contribution is 0.0433. The van der Waals surface area contributed by atoms with Gasteiger partial charge in [0.2, 0.25) is 0 Å². The molecule has 2 atom stereocenters. The molecular formula is C18H20BrNO4. The van der Waals surface area contributed by atoms with E-state index in [0.29, 0.717) is 18.8 Å². The van der Waals surface area contributed by atoms with Crippen LogP contribution in [0.15, 0.2) is 34.3 Å². The standard InChI is InChI=1S/C18H20BrNO4/c1-12-15(8-17(19)16(12)9-20)11-23-10-13-3-2-4-14(7-13)18(22)24-6-5-21/h2-4,7,12,15,21H,5-6,8,10-11H2,1H3/t12?,15-/m1/s1. The average molecular weight is 394 g/mol. The van der Waals surface area contributed by atoms with Gasteiger partial charge in [0.05, 0.1) is 31.5 Å². The molecule has 0 radical (unpaired) electrons. The second-order valence-corrected chi connectivity index (χ2v) is 6.72. The molecular weight excluding hydrogens is 374 g/mol. The minimum absolute atomic E-state index is 0.0117. The molecule has 6 heteroatoms. The lowest BCUT2D eigenvalue weighted by atomic mass is 9.94. The predicted molar refractivity (Wildman–Crippen MR) is 92.3 cm³/mol. The molecule has 0 amide bonds. The van der Waals surface area contributed by atoms with Crippen molar-refractivity contribution in [2.24, 2.45) is 11.8 Å². The first-order valence-corrected chi connectivity index (χ1v) is 8.59. The van der Waals surface area contributed by atoms with Crippen LogP contribution in [-0.2, 0) is 16.1 Å². The SMILES string of the molecule is CC1C(C#N)=C(Br)C[C@@H]1COCc1cccc(C(=O)OCCO)c1. The molecule has 1 aliphatic carbocycles. The van der Waals surface area contributed by atoms with Gasteiger partial charge in [-0.3, -0.25) is 0 Å². The fraction of sp³-hybridized carbons (Fsp3) is 0.444. The summed E-state index contributed by atoms with van der Waals surface area (Å²) in [5, 5.41) is 17.8. The minimum Gasteiger partial charge on any atom is -0.460 e. The van der Waals surface area contributed by atoms with Crippen molar-refractivity contribution < 1.29 is 19.4 Å². The van der Waals surface area contributed by atoms with Crippen LogP contribution in [0.4, 0.5) is 0 Å². The fourth-order valence-corrected chi connectivity index (χ4v) is 3.57. The van der Waals surface area contributed by atoms with E-state index in [0.717, 1.165) is 22.0 Å². The third-order valence-electron chi connectivity index (χ3n) is 4.10. The van der Waals surface area contributed by atoms with Gasteiger partial charge in [-0.1, -0.05) is 35.0 Å². The number of esters is 1. The van der Waals surface area contributed by atoms with E-state index < -0.39 is 5.97 Å². The fourth-order valence-electron chi connectivity index (χ4n) is 2.70. The number of nitrogens with zero attached hydrogens (tertiary/aromatic N) is 1. The van der Waals surface area contributed by atoms with Gasteiger partial charge in [-0.2, -0.15) is 5.26 Å². The zero-order valence-corrected chi connectivity index (χ0v) is 15.1. The second-order valence-electron chi connectivity index (χ2n) is 5.76. The molecule has 1 unspecified atom stereocenters. The van der Waals surface area contributed by atoms with Gasteiger partial charge in [0, 0.05) is 10.1 Å². The normalized spacial score (nSPS) is 20.1. The topological polar surface area (TPSA) is 79.5 Å². The number of ether oxygens (including phenoxy) is 2. The zero-order valence-electron chi connectivity index (χ0n) is 13.5. The lowest BCUT2D eigenvalue weighted by Gasteiger charge is -2.16. The lowest BCUT2D eigenvalue weighted by Crippen LogP contribution is -2.14. The van der Waals surface area contributed by atoms with Gasteiger partial charge in [0.25, 0.3) is 0 Å². The summed E-state index contributed by atoms with van der Waals surface area (Å²) in [5.41, 5.74) is 2.12. The monoisotopic (exact) mass is 393 g/mol. The van der Waals surface area contributed by atoms with Crippen LogP contribution in [0.3, 0.4) is 0 Å². The first-order chi connectivity index (χ1) is 11.6. The molecule has 1 aliphatic rings. The van der Waals surface area contributed by atoms with Gasteiger partial charge >= 0.3 is 5.97 Å². The molecule has 128 valence electrons. The number of aliphatic hydroxyl groups excluding tert-OH is 1. The molecule has 0 aliphatic heterocycles. The number of hydrogen-bond acceptors (Lipinski definition) is 5. The summed E-state index contributed by atoms with van der Waals surface area (Å²) in [7, 11) is 0. The second kappa shape index (κ2) is 8.97. The summed E-state index contributed by atoms with van der Waals surface area (Å²) in [6.45, 7) is 2.79. The molecule has 1 aromatic rings. The largest absolute Gasteiger partial charge is 0.460 e. The van der Waals surface area contributed by atoms with E-state index in [9.17, 15) is 4.79 Å². The van der Waals surface area contributed by atoms with Crippen molar-refractivity contribution in [3.8, 4) is 6.07 Å². The van der Waals surface area contributed by atoms with Crippen LogP contribution in [0, 0.1) is 23.2 Å². The molecule has 1 N–H and O–H groups in total. The van der Waals surface area contributed by atoms with E-state index in [1.165, 1.54) is 0 Å². The van der Waals surface area contributed by atoms with Crippen LogP contribution in [0.5, 0.6) is 0 Å². The van der Waals surface area contributed by atoms with Gasteiger partial charge in [0.15, 0.2) is 0 Å². The molecule has 0 fully saturated rings. The number of aliphatic hydroxyl groups is 1. The van der Waals surface area contributed by atoms with Gasteiger partial charge < -0.3 is 14.6 Å². The van der Waals surface area contributed by atoms with E-state index in [-0.39, 0.29) is 25.0 Å². The maximum absolute atomic E-state index is 11.8. The third kappa shape index (κ3) is 4.67. The summed E-state index contributed by atoms with van der Waals surface area (Å²) < 4.78 is 11.7. The van der Waals surface area contributed by atoms with Crippen LogP contribution < -0.4 is 0 Å². The van der Waals surface area contributed by atoms with Crippen LogP contribution in [0.25, 0.3) is 0 Å². The Morgan fingerprint density at radius 1 is 1.50 bits per heavy atom. The molecule has 24 heavy (non-hydrogen) atoms. The third-order valence-corrected chi connectivity index (χ3v) is 4.86. The highest BCUT2D eigenvalue weighted by Crippen LogP contribution is 2.39. The molecule has 0 saturated heterocycles. The first kappa shape index (κ1) is 18.7. The first-order valence-electron chi connectivity index (χ1n) is 7.80. The van der Waals surface area contributed by atoms with Crippen LogP contribution in [0.1, 0.15) is 29.3 Å². The van der Waals surface area contributed by atoms with Gasteiger partial charge in [-0.05, 0) is 36.0 Å². The van der Waals surface area contributed by atoms with Crippen LogP contribution >= 0.6 is 15.9 Å². The smallest absolute Gasteiger partial charge is 0.338 e. The van der Waals surface area contributed by atoms with E-state index in [2.05, 4.69) is 22.0 Å². The molecule has 0 spiro atoms. The predicted octanol–water partition coefficient (Wildman–Crippen LogP) is 3.18. The quantitative estimate of drug-likeness (QED) is 0.719.